The Morgan fingerprint density at radius 3 is 2.78 bits per heavy atom. The van der Waals surface area contributed by atoms with E-state index in [1.54, 1.807) is 12.1 Å². The summed E-state index contributed by atoms with van der Waals surface area (Å²) in [6, 6.07) is 7.20. The molecule has 7 heteroatoms. The Labute approximate surface area is 130 Å². The molecule has 0 aliphatic carbocycles. The number of carboxylic acids is 1. The zero-order valence-electron chi connectivity index (χ0n) is 12.3. The molecule has 0 aliphatic heterocycles. The summed E-state index contributed by atoms with van der Waals surface area (Å²) in [6.45, 7) is 1.53. The van der Waals surface area contributed by atoms with Crippen LogP contribution in [0.15, 0.2) is 35.3 Å². The first kappa shape index (κ1) is 14.8. The summed E-state index contributed by atoms with van der Waals surface area (Å²) in [5, 5.41) is 12.7. The highest BCUT2D eigenvalue weighted by atomic mass is 16.4. The number of carbonyl (C=O) groups is 2. The van der Waals surface area contributed by atoms with Gasteiger partial charge in [-0.3, -0.25) is 14.4 Å². The molecular weight excluding hydrogens is 298 g/mol. The van der Waals surface area contributed by atoms with Crippen LogP contribution in [0.5, 0.6) is 0 Å². The molecule has 0 saturated carbocycles. The predicted octanol–water partition coefficient (Wildman–Crippen LogP) is 1.46. The van der Waals surface area contributed by atoms with Crippen LogP contribution in [0.2, 0.25) is 0 Å². The van der Waals surface area contributed by atoms with Gasteiger partial charge in [0.15, 0.2) is 0 Å². The van der Waals surface area contributed by atoms with Gasteiger partial charge in [0.05, 0.1) is 11.5 Å². The van der Waals surface area contributed by atoms with E-state index in [1.165, 1.54) is 13.1 Å². The number of pyridine rings is 1. The number of benzene rings is 1. The highest BCUT2D eigenvalue weighted by Gasteiger charge is 2.18. The Hall–Kier alpha value is -3.09. The number of aliphatic carboxylic acids is 1. The Kier molecular flexibility index (Phi) is 3.61. The van der Waals surface area contributed by atoms with E-state index < -0.39 is 17.8 Å². The normalized spacial score (nSPS) is 12.4. The minimum Gasteiger partial charge on any atom is -0.481 e. The summed E-state index contributed by atoms with van der Waals surface area (Å²) in [5.74, 6) is -2.09. The molecule has 2 heterocycles. The van der Waals surface area contributed by atoms with Crippen molar-refractivity contribution in [3.05, 3.63) is 46.4 Å². The number of aromatic amines is 2. The van der Waals surface area contributed by atoms with Crippen LogP contribution in [0.25, 0.3) is 21.8 Å². The fraction of sp³-hybridized carbons (Fsp3) is 0.188. The molecule has 118 valence electrons. The second-order valence-corrected chi connectivity index (χ2v) is 5.40. The van der Waals surface area contributed by atoms with Crippen LogP contribution in [0.3, 0.4) is 0 Å². The summed E-state index contributed by atoms with van der Waals surface area (Å²) < 4.78 is 0. The number of nitrogens with one attached hydrogen (secondary N) is 3. The van der Waals surface area contributed by atoms with Gasteiger partial charge in [0.2, 0.25) is 0 Å². The minimum atomic E-state index is -0.980. The molecule has 7 nitrogen and oxygen atoms in total. The van der Waals surface area contributed by atoms with Crippen LogP contribution in [-0.2, 0) is 4.79 Å². The van der Waals surface area contributed by atoms with E-state index >= 15 is 0 Å². The smallest absolute Gasteiger partial charge is 0.308 e. The van der Waals surface area contributed by atoms with Crippen LogP contribution >= 0.6 is 0 Å². The van der Waals surface area contributed by atoms with Crippen LogP contribution < -0.4 is 10.9 Å². The lowest BCUT2D eigenvalue weighted by atomic mass is 10.1. The Morgan fingerprint density at radius 2 is 2.04 bits per heavy atom. The monoisotopic (exact) mass is 313 g/mol. The van der Waals surface area contributed by atoms with Crippen LogP contribution in [-0.4, -0.2) is 33.5 Å². The Bertz CT molecular complexity index is 970. The zero-order chi connectivity index (χ0) is 16.6. The van der Waals surface area contributed by atoms with Gasteiger partial charge in [0, 0.05) is 29.0 Å². The molecule has 0 spiro atoms. The molecular formula is C16H15N3O4. The summed E-state index contributed by atoms with van der Waals surface area (Å²) in [7, 11) is 0. The third-order valence-corrected chi connectivity index (χ3v) is 3.79. The maximum absolute atomic E-state index is 12.4. The van der Waals surface area contributed by atoms with E-state index in [4.69, 9.17) is 5.11 Å². The summed E-state index contributed by atoms with van der Waals surface area (Å²) in [4.78, 5) is 40.9. The number of hydrogen-bond acceptors (Lipinski definition) is 3. The van der Waals surface area contributed by atoms with Gasteiger partial charge in [0.1, 0.15) is 5.52 Å². The molecule has 0 aliphatic rings. The van der Waals surface area contributed by atoms with Crippen LogP contribution in [0.1, 0.15) is 17.3 Å². The van der Waals surface area contributed by atoms with Gasteiger partial charge in [-0.15, -0.1) is 0 Å². The van der Waals surface area contributed by atoms with E-state index in [0.29, 0.717) is 22.0 Å². The Balaban J connectivity index is 2.06. The first-order valence-corrected chi connectivity index (χ1v) is 7.12. The highest BCUT2D eigenvalue weighted by molar-refractivity contribution is 6.16. The number of fused-ring (bicyclic) bond motifs is 3. The topological polar surface area (TPSA) is 115 Å². The van der Waals surface area contributed by atoms with Crippen molar-refractivity contribution >= 4 is 33.7 Å². The number of carbonyl (C=O) groups excluding carboxylic acids is 1. The molecule has 1 amide bonds. The van der Waals surface area contributed by atoms with Crippen molar-refractivity contribution in [3.63, 3.8) is 0 Å². The highest BCUT2D eigenvalue weighted by Crippen LogP contribution is 2.24. The van der Waals surface area contributed by atoms with E-state index in [1.807, 2.05) is 12.1 Å². The molecule has 1 unspecified atom stereocenters. The lowest BCUT2D eigenvalue weighted by Crippen LogP contribution is -2.31. The molecule has 23 heavy (non-hydrogen) atoms. The first-order chi connectivity index (χ1) is 11.0. The lowest BCUT2D eigenvalue weighted by Gasteiger charge is -2.08. The lowest BCUT2D eigenvalue weighted by molar-refractivity contribution is -0.140. The van der Waals surface area contributed by atoms with Gasteiger partial charge in [-0.25, -0.2) is 0 Å². The van der Waals surface area contributed by atoms with Crippen molar-refractivity contribution in [3.8, 4) is 0 Å². The first-order valence-electron chi connectivity index (χ1n) is 7.12. The van der Waals surface area contributed by atoms with Gasteiger partial charge in [0.25, 0.3) is 11.5 Å². The molecule has 3 rings (SSSR count). The second kappa shape index (κ2) is 5.60. The third-order valence-electron chi connectivity index (χ3n) is 3.79. The predicted molar refractivity (Wildman–Crippen MR) is 85.6 cm³/mol. The van der Waals surface area contributed by atoms with Gasteiger partial charge in [-0.1, -0.05) is 25.1 Å². The van der Waals surface area contributed by atoms with Gasteiger partial charge in [-0.05, 0) is 6.07 Å². The standard InChI is InChI=1S/C16H15N3O4/c1-8(16(22)23)6-18-14(20)10-7-17-13-12(10)9-4-2-3-5-11(9)19-15(13)21/h2-5,7-8,17H,6H2,1H3,(H,18,20)(H,19,21)(H,22,23). The van der Waals surface area contributed by atoms with Crippen molar-refractivity contribution < 1.29 is 14.7 Å². The van der Waals surface area contributed by atoms with Crippen molar-refractivity contribution in [2.45, 2.75) is 6.92 Å². The molecule has 0 fully saturated rings. The minimum absolute atomic E-state index is 0.0158. The van der Waals surface area contributed by atoms with Gasteiger partial charge < -0.3 is 20.4 Å². The number of rotatable bonds is 4. The fourth-order valence-electron chi connectivity index (χ4n) is 2.48. The molecule has 1 atom stereocenters. The summed E-state index contributed by atoms with van der Waals surface area (Å²) in [5.41, 5.74) is 0.967. The molecule has 0 bridgehead atoms. The quantitative estimate of drug-likeness (QED) is 0.583. The zero-order valence-corrected chi connectivity index (χ0v) is 12.3. The van der Waals surface area contributed by atoms with E-state index in [2.05, 4.69) is 15.3 Å². The van der Waals surface area contributed by atoms with Crippen LogP contribution in [0, 0.1) is 5.92 Å². The van der Waals surface area contributed by atoms with Crippen molar-refractivity contribution in [1.82, 2.24) is 15.3 Å². The number of amides is 1. The summed E-state index contributed by atoms with van der Waals surface area (Å²) >= 11 is 0. The molecule has 4 N–H and O–H groups in total. The fourth-order valence-corrected chi connectivity index (χ4v) is 2.48. The van der Waals surface area contributed by atoms with Gasteiger partial charge >= 0.3 is 5.97 Å². The average Bonchev–Trinajstić information content (AvgIpc) is 2.98. The van der Waals surface area contributed by atoms with E-state index in [9.17, 15) is 14.4 Å². The number of H-pyrrole nitrogens is 2. The number of hydrogen-bond donors (Lipinski definition) is 4. The average molecular weight is 313 g/mol. The number of aromatic nitrogens is 2. The van der Waals surface area contributed by atoms with Crippen molar-refractivity contribution in [2.24, 2.45) is 5.92 Å². The Morgan fingerprint density at radius 1 is 1.30 bits per heavy atom. The summed E-state index contributed by atoms with van der Waals surface area (Å²) in [6.07, 6.45) is 1.47. The van der Waals surface area contributed by atoms with Crippen molar-refractivity contribution in [1.29, 1.82) is 0 Å². The molecule has 2 aromatic heterocycles. The number of para-hydroxylation sites is 1. The largest absolute Gasteiger partial charge is 0.481 e. The second-order valence-electron chi connectivity index (χ2n) is 5.40. The SMILES string of the molecule is CC(CNC(=O)c1c[nH]c2c(=O)[nH]c3ccccc3c12)C(=O)O. The van der Waals surface area contributed by atoms with E-state index in [-0.39, 0.29) is 12.1 Å². The molecule has 1 aromatic carbocycles. The van der Waals surface area contributed by atoms with Crippen LogP contribution in [0.4, 0.5) is 0 Å². The third kappa shape index (κ3) is 2.57. The maximum atomic E-state index is 12.4. The van der Waals surface area contributed by atoms with Crippen molar-refractivity contribution in [2.75, 3.05) is 6.54 Å². The number of carboxylic acid groups (broad SMARTS) is 1. The maximum Gasteiger partial charge on any atom is 0.308 e. The molecule has 3 aromatic rings. The van der Waals surface area contributed by atoms with Gasteiger partial charge in [-0.2, -0.15) is 0 Å². The molecule has 0 saturated heterocycles. The molecule has 0 radical (unpaired) electrons. The van der Waals surface area contributed by atoms with E-state index in [0.717, 1.165) is 5.39 Å².